The van der Waals surface area contributed by atoms with E-state index in [-0.39, 0.29) is 17.9 Å². The van der Waals surface area contributed by atoms with Crippen LogP contribution in [0.1, 0.15) is 48.9 Å². The van der Waals surface area contributed by atoms with E-state index in [9.17, 15) is 19.5 Å². The lowest BCUT2D eigenvalue weighted by molar-refractivity contribution is -0.147. The molecule has 0 bridgehead atoms. The molecule has 0 aliphatic heterocycles. The van der Waals surface area contributed by atoms with Crippen LogP contribution in [0.25, 0.3) is 11.1 Å². The highest BCUT2D eigenvalue weighted by Gasteiger charge is 2.36. The van der Waals surface area contributed by atoms with Gasteiger partial charge in [-0.05, 0) is 31.2 Å². The van der Waals surface area contributed by atoms with Crippen LogP contribution in [0.2, 0.25) is 0 Å². The second-order valence-corrected chi connectivity index (χ2v) is 8.67. The van der Waals surface area contributed by atoms with Crippen molar-refractivity contribution in [2.45, 2.75) is 44.6 Å². The summed E-state index contributed by atoms with van der Waals surface area (Å²) >= 11 is 1.31. The summed E-state index contributed by atoms with van der Waals surface area (Å²) in [5.74, 6) is -2.66. The van der Waals surface area contributed by atoms with E-state index in [1.807, 2.05) is 35.7 Å². The van der Waals surface area contributed by atoms with Crippen molar-refractivity contribution in [3.8, 4) is 11.1 Å². The minimum Gasteiger partial charge on any atom is -0.481 e. The van der Waals surface area contributed by atoms with Gasteiger partial charge >= 0.3 is 5.97 Å². The smallest absolute Gasteiger partial charge is 0.307 e. The number of benzene rings is 1. The number of carbonyl (C=O) groups is 3. The molecule has 3 N–H and O–H groups in total. The number of anilines is 1. The molecule has 29 heavy (non-hydrogen) atoms. The molecule has 0 radical (unpaired) electrons. The number of carbonyl (C=O) groups excluding carboxylic acids is 2. The van der Waals surface area contributed by atoms with Gasteiger partial charge in [0.2, 0.25) is 5.91 Å². The van der Waals surface area contributed by atoms with Crippen molar-refractivity contribution < 1.29 is 19.5 Å². The van der Waals surface area contributed by atoms with E-state index in [0.29, 0.717) is 23.4 Å². The number of hydrogen-bond acceptors (Lipinski definition) is 4. The summed E-state index contributed by atoms with van der Waals surface area (Å²) in [5.41, 5.74) is 2.15. The van der Waals surface area contributed by atoms with E-state index in [1.165, 1.54) is 11.3 Å². The van der Waals surface area contributed by atoms with E-state index in [2.05, 4.69) is 10.6 Å². The van der Waals surface area contributed by atoms with Crippen molar-refractivity contribution in [2.75, 3.05) is 5.32 Å². The number of rotatable bonds is 6. The van der Waals surface area contributed by atoms with E-state index < -0.39 is 17.8 Å². The Morgan fingerprint density at radius 2 is 1.66 bits per heavy atom. The first-order chi connectivity index (χ1) is 14.0. The maximum atomic E-state index is 13.0. The number of hydrogen-bond donors (Lipinski definition) is 3. The fourth-order valence-corrected chi connectivity index (χ4v) is 4.91. The maximum Gasteiger partial charge on any atom is 0.307 e. The molecular formula is C22H24N2O4S. The first-order valence-electron chi connectivity index (χ1n) is 10.1. The van der Waals surface area contributed by atoms with Gasteiger partial charge in [0.25, 0.3) is 5.91 Å². The zero-order valence-corrected chi connectivity index (χ0v) is 16.8. The highest BCUT2D eigenvalue weighted by atomic mass is 32.1. The molecule has 1 aromatic carbocycles. The van der Waals surface area contributed by atoms with E-state index in [4.69, 9.17) is 0 Å². The zero-order chi connectivity index (χ0) is 20.4. The largest absolute Gasteiger partial charge is 0.481 e. The van der Waals surface area contributed by atoms with Crippen molar-refractivity contribution >= 4 is 34.1 Å². The molecule has 4 rings (SSSR count). The molecule has 152 valence electrons. The lowest BCUT2D eigenvalue weighted by Crippen LogP contribution is -2.36. The number of nitrogens with one attached hydrogen (secondary N) is 2. The Labute approximate surface area is 173 Å². The Morgan fingerprint density at radius 3 is 2.31 bits per heavy atom. The third-order valence-corrected chi connectivity index (χ3v) is 6.57. The zero-order valence-electron chi connectivity index (χ0n) is 16.0. The number of thiophene rings is 1. The predicted molar refractivity (Wildman–Crippen MR) is 112 cm³/mol. The molecule has 2 fully saturated rings. The van der Waals surface area contributed by atoms with Crippen LogP contribution in [-0.4, -0.2) is 28.9 Å². The Hall–Kier alpha value is -2.67. The molecule has 2 amide bonds. The maximum absolute atomic E-state index is 13.0. The molecule has 2 aromatic rings. The molecular weight excluding hydrogens is 388 g/mol. The molecule has 2 aliphatic rings. The third-order valence-electron chi connectivity index (χ3n) is 5.67. The number of carboxylic acid groups (broad SMARTS) is 1. The minimum absolute atomic E-state index is 0.193. The number of carboxylic acids is 1. The van der Waals surface area contributed by atoms with Crippen LogP contribution >= 0.6 is 11.3 Å². The summed E-state index contributed by atoms with van der Waals surface area (Å²) < 4.78 is 0. The van der Waals surface area contributed by atoms with Crippen molar-refractivity contribution in [3.05, 3.63) is 41.3 Å². The second kappa shape index (κ2) is 8.37. The summed E-state index contributed by atoms with van der Waals surface area (Å²) in [6.07, 6.45) is 4.69. The van der Waals surface area contributed by atoms with Gasteiger partial charge in [-0.25, -0.2) is 0 Å². The lowest BCUT2D eigenvalue weighted by atomic mass is 9.78. The Bertz CT molecular complexity index is 920. The summed E-state index contributed by atoms with van der Waals surface area (Å²) in [6, 6.07) is 9.80. The number of aliphatic carboxylic acids is 1. The van der Waals surface area contributed by atoms with E-state index in [1.54, 1.807) is 0 Å². The molecule has 1 aromatic heterocycles. The molecule has 0 spiro atoms. The quantitative estimate of drug-likeness (QED) is 0.665. The summed E-state index contributed by atoms with van der Waals surface area (Å²) in [6.45, 7) is 0. The summed E-state index contributed by atoms with van der Waals surface area (Å²) in [5, 5.41) is 17.7. The average molecular weight is 413 g/mol. The third kappa shape index (κ3) is 4.34. The molecule has 2 atom stereocenters. The van der Waals surface area contributed by atoms with Crippen LogP contribution in [0.3, 0.4) is 0 Å². The van der Waals surface area contributed by atoms with Gasteiger partial charge in [0.05, 0.1) is 17.4 Å². The molecule has 2 aliphatic carbocycles. The normalized spacial score (nSPS) is 21.4. The fraction of sp³-hybridized carbons (Fsp3) is 0.409. The van der Waals surface area contributed by atoms with Crippen LogP contribution in [-0.2, 0) is 9.59 Å². The second-order valence-electron chi connectivity index (χ2n) is 7.79. The first kappa shape index (κ1) is 19.6. The van der Waals surface area contributed by atoms with Gasteiger partial charge in [-0.2, -0.15) is 0 Å². The van der Waals surface area contributed by atoms with Crippen molar-refractivity contribution in [3.63, 3.8) is 0 Å². The predicted octanol–water partition coefficient (Wildman–Crippen LogP) is 4.14. The molecule has 1 heterocycles. The Morgan fingerprint density at radius 1 is 0.966 bits per heavy atom. The van der Waals surface area contributed by atoms with Gasteiger partial charge in [0, 0.05) is 17.0 Å². The van der Waals surface area contributed by atoms with Crippen LogP contribution in [0.15, 0.2) is 35.7 Å². The van der Waals surface area contributed by atoms with Gasteiger partial charge in [0.15, 0.2) is 0 Å². The highest BCUT2D eigenvalue weighted by Crippen LogP contribution is 2.38. The molecule has 0 unspecified atom stereocenters. The Balaban J connectivity index is 1.62. The van der Waals surface area contributed by atoms with Gasteiger partial charge in [-0.15, -0.1) is 11.3 Å². The van der Waals surface area contributed by atoms with Gasteiger partial charge in [-0.3, -0.25) is 14.4 Å². The van der Waals surface area contributed by atoms with Crippen LogP contribution in [0, 0.1) is 11.8 Å². The van der Waals surface area contributed by atoms with Crippen LogP contribution < -0.4 is 10.6 Å². The first-order valence-corrected chi connectivity index (χ1v) is 10.9. The standard InChI is InChI=1S/C22H24N2O4S/c25-19(15-8-4-5-9-16(15)22(27)28)24-21-18(20(26)23-14-10-11-14)17(12-29-21)13-6-2-1-3-7-13/h1-3,6-7,12,14-16H,4-5,8-11H2,(H,23,26)(H,24,25)(H,27,28)/t15-,16-/m1/s1. The van der Waals surface area contributed by atoms with Gasteiger partial charge < -0.3 is 15.7 Å². The van der Waals surface area contributed by atoms with E-state index >= 15 is 0 Å². The molecule has 6 nitrogen and oxygen atoms in total. The molecule has 7 heteroatoms. The highest BCUT2D eigenvalue weighted by molar-refractivity contribution is 7.15. The fourth-order valence-electron chi connectivity index (χ4n) is 3.94. The molecule has 2 saturated carbocycles. The van der Waals surface area contributed by atoms with Crippen molar-refractivity contribution in [1.82, 2.24) is 5.32 Å². The van der Waals surface area contributed by atoms with Crippen molar-refractivity contribution in [1.29, 1.82) is 0 Å². The lowest BCUT2D eigenvalue weighted by Gasteiger charge is -2.27. The van der Waals surface area contributed by atoms with Gasteiger partial charge in [-0.1, -0.05) is 43.2 Å². The minimum atomic E-state index is -0.923. The average Bonchev–Trinajstić information content (AvgIpc) is 3.45. The van der Waals surface area contributed by atoms with Crippen molar-refractivity contribution in [2.24, 2.45) is 11.8 Å². The van der Waals surface area contributed by atoms with E-state index in [0.717, 1.165) is 36.8 Å². The summed E-state index contributed by atoms with van der Waals surface area (Å²) in [4.78, 5) is 37.5. The van der Waals surface area contributed by atoms with Gasteiger partial charge in [0.1, 0.15) is 5.00 Å². The van der Waals surface area contributed by atoms with Crippen LogP contribution in [0.4, 0.5) is 5.00 Å². The molecule has 0 saturated heterocycles. The SMILES string of the molecule is O=C(NC1CC1)c1c(-c2ccccc2)csc1NC(=O)[C@@H]1CCCC[C@H]1C(=O)O. The van der Waals surface area contributed by atoms with Crippen LogP contribution in [0.5, 0.6) is 0 Å². The number of amides is 2. The topological polar surface area (TPSA) is 95.5 Å². The summed E-state index contributed by atoms with van der Waals surface area (Å²) in [7, 11) is 0. The Kier molecular flexibility index (Phi) is 5.67. The monoisotopic (exact) mass is 412 g/mol.